The minimum atomic E-state index is -0.204. The maximum absolute atomic E-state index is 12.5. The van der Waals surface area contributed by atoms with Gasteiger partial charge < -0.3 is 15.0 Å². The first-order chi connectivity index (χ1) is 13.6. The fourth-order valence-corrected chi connectivity index (χ4v) is 3.21. The lowest BCUT2D eigenvalue weighted by Gasteiger charge is -2.26. The summed E-state index contributed by atoms with van der Waals surface area (Å²) in [7, 11) is 0. The van der Waals surface area contributed by atoms with Crippen LogP contribution < -0.4 is 10.1 Å². The van der Waals surface area contributed by atoms with Crippen molar-refractivity contribution in [3.63, 3.8) is 0 Å². The lowest BCUT2D eigenvalue weighted by atomic mass is 10.1. The van der Waals surface area contributed by atoms with Gasteiger partial charge in [0.15, 0.2) is 0 Å². The number of likely N-dealkylation sites (tertiary alicyclic amines) is 1. The molecule has 28 heavy (non-hydrogen) atoms. The summed E-state index contributed by atoms with van der Waals surface area (Å²) in [6.45, 7) is 5.71. The van der Waals surface area contributed by atoms with Gasteiger partial charge in [-0.15, -0.1) is 0 Å². The highest BCUT2D eigenvalue weighted by atomic mass is 16.5. The lowest BCUT2D eigenvalue weighted by molar-refractivity contribution is 0.0724. The van der Waals surface area contributed by atoms with E-state index in [0.29, 0.717) is 22.6 Å². The van der Waals surface area contributed by atoms with Crippen LogP contribution in [0.1, 0.15) is 60.2 Å². The number of benzene rings is 2. The Morgan fingerprint density at radius 1 is 1.04 bits per heavy atom. The van der Waals surface area contributed by atoms with E-state index in [1.54, 1.807) is 36.4 Å². The minimum Gasteiger partial charge on any atom is -0.491 e. The molecule has 1 saturated heterocycles. The average molecular weight is 380 g/mol. The second kappa shape index (κ2) is 9.40. The van der Waals surface area contributed by atoms with Crippen LogP contribution in [0.2, 0.25) is 0 Å². The summed E-state index contributed by atoms with van der Waals surface area (Å²) in [6, 6.07) is 14.3. The first-order valence-corrected chi connectivity index (χ1v) is 10.0. The molecule has 0 spiro atoms. The van der Waals surface area contributed by atoms with Crippen molar-refractivity contribution in [2.75, 3.05) is 18.4 Å². The molecule has 0 saturated carbocycles. The van der Waals surface area contributed by atoms with Crippen molar-refractivity contribution in [2.24, 2.45) is 0 Å². The van der Waals surface area contributed by atoms with Crippen molar-refractivity contribution in [3.05, 3.63) is 59.7 Å². The monoisotopic (exact) mass is 380 g/mol. The van der Waals surface area contributed by atoms with Gasteiger partial charge in [-0.2, -0.15) is 0 Å². The maximum atomic E-state index is 12.5. The Bertz CT molecular complexity index is 811. The molecule has 1 unspecified atom stereocenters. The molecule has 1 heterocycles. The van der Waals surface area contributed by atoms with Gasteiger partial charge in [0, 0.05) is 29.9 Å². The molecule has 1 aliphatic heterocycles. The molecule has 0 bridgehead atoms. The van der Waals surface area contributed by atoms with Crippen LogP contribution in [0.5, 0.6) is 5.75 Å². The summed E-state index contributed by atoms with van der Waals surface area (Å²) in [5.74, 6) is 0.543. The molecular formula is C23H28N2O3. The van der Waals surface area contributed by atoms with Gasteiger partial charge in [0.25, 0.3) is 11.8 Å². The van der Waals surface area contributed by atoms with Crippen LogP contribution in [0, 0.1) is 0 Å². The Morgan fingerprint density at radius 3 is 2.43 bits per heavy atom. The standard InChI is InChI=1S/C23H28N2O3/c1-3-17(2)28-21-9-7-8-19(16-21)22(26)24-20-12-10-18(11-13-20)23(27)25-14-5-4-6-15-25/h7-13,16-17H,3-6,14-15H2,1-2H3,(H,24,26). The van der Waals surface area contributed by atoms with Crippen LogP contribution in [0.25, 0.3) is 0 Å². The van der Waals surface area contributed by atoms with Gasteiger partial charge in [-0.3, -0.25) is 9.59 Å². The molecule has 1 N–H and O–H groups in total. The fourth-order valence-electron chi connectivity index (χ4n) is 3.21. The average Bonchev–Trinajstić information content (AvgIpc) is 2.74. The topological polar surface area (TPSA) is 58.6 Å². The summed E-state index contributed by atoms with van der Waals surface area (Å²) in [5, 5.41) is 2.88. The Kier molecular flexibility index (Phi) is 6.69. The fraction of sp³-hybridized carbons (Fsp3) is 0.391. The second-order valence-corrected chi connectivity index (χ2v) is 7.25. The smallest absolute Gasteiger partial charge is 0.255 e. The SMILES string of the molecule is CCC(C)Oc1cccc(C(=O)Nc2ccc(C(=O)N3CCCCC3)cc2)c1. The third-order valence-electron chi connectivity index (χ3n) is 5.04. The summed E-state index contributed by atoms with van der Waals surface area (Å²) in [6.07, 6.45) is 4.33. The zero-order chi connectivity index (χ0) is 19.9. The Morgan fingerprint density at radius 2 is 1.75 bits per heavy atom. The quantitative estimate of drug-likeness (QED) is 0.787. The zero-order valence-corrected chi connectivity index (χ0v) is 16.6. The second-order valence-electron chi connectivity index (χ2n) is 7.25. The first-order valence-electron chi connectivity index (χ1n) is 10.0. The molecule has 0 radical (unpaired) electrons. The number of hydrogen-bond acceptors (Lipinski definition) is 3. The van der Waals surface area contributed by atoms with Crippen LogP contribution >= 0.6 is 0 Å². The molecule has 0 aliphatic carbocycles. The maximum Gasteiger partial charge on any atom is 0.255 e. The molecule has 1 atom stereocenters. The van der Waals surface area contributed by atoms with Gasteiger partial charge in [0.2, 0.25) is 0 Å². The first kappa shape index (κ1) is 19.9. The van der Waals surface area contributed by atoms with Crippen molar-refractivity contribution >= 4 is 17.5 Å². The molecule has 1 fully saturated rings. The number of ether oxygens (including phenoxy) is 1. The molecule has 5 heteroatoms. The minimum absolute atomic E-state index is 0.0625. The largest absolute Gasteiger partial charge is 0.491 e. The number of nitrogens with zero attached hydrogens (tertiary/aromatic N) is 1. The number of carbonyl (C=O) groups is 2. The predicted molar refractivity (Wildman–Crippen MR) is 111 cm³/mol. The molecule has 2 aromatic carbocycles. The molecule has 2 amide bonds. The van der Waals surface area contributed by atoms with Crippen LogP contribution in [-0.2, 0) is 0 Å². The zero-order valence-electron chi connectivity index (χ0n) is 16.6. The van der Waals surface area contributed by atoms with E-state index in [4.69, 9.17) is 4.74 Å². The lowest BCUT2D eigenvalue weighted by Crippen LogP contribution is -2.35. The van der Waals surface area contributed by atoms with Crippen LogP contribution in [0.3, 0.4) is 0 Å². The molecule has 2 aromatic rings. The van der Waals surface area contributed by atoms with Gasteiger partial charge in [0.1, 0.15) is 5.75 Å². The third kappa shape index (κ3) is 5.12. The summed E-state index contributed by atoms with van der Waals surface area (Å²) < 4.78 is 5.78. The predicted octanol–water partition coefficient (Wildman–Crippen LogP) is 4.74. The summed E-state index contributed by atoms with van der Waals surface area (Å²) >= 11 is 0. The van der Waals surface area contributed by atoms with Gasteiger partial charge in [-0.25, -0.2) is 0 Å². The van der Waals surface area contributed by atoms with Gasteiger partial charge >= 0.3 is 0 Å². The number of nitrogens with one attached hydrogen (secondary N) is 1. The molecule has 148 valence electrons. The highest BCUT2D eigenvalue weighted by molar-refractivity contribution is 6.04. The number of anilines is 1. The van der Waals surface area contributed by atoms with Gasteiger partial charge in [-0.05, 0) is 75.1 Å². The van der Waals surface area contributed by atoms with Crippen LogP contribution in [0.4, 0.5) is 5.69 Å². The number of piperidine rings is 1. The van der Waals surface area contributed by atoms with Crippen molar-refractivity contribution < 1.29 is 14.3 Å². The molecule has 3 rings (SSSR count). The van der Waals surface area contributed by atoms with Crippen molar-refractivity contribution in [3.8, 4) is 5.75 Å². The molecule has 1 aliphatic rings. The van der Waals surface area contributed by atoms with Gasteiger partial charge in [-0.1, -0.05) is 13.0 Å². The van der Waals surface area contributed by atoms with E-state index in [0.717, 1.165) is 32.4 Å². The summed E-state index contributed by atoms with van der Waals surface area (Å²) in [5.41, 5.74) is 1.85. The number of rotatable bonds is 6. The Balaban J connectivity index is 1.63. The molecule has 0 aromatic heterocycles. The van der Waals surface area contributed by atoms with E-state index in [1.165, 1.54) is 6.42 Å². The highest BCUT2D eigenvalue weighted by Gasteiger charge is 2.18. The summed E-state index contributed by atoms with van der Waals surface area (Å²) in [4.78, 5) is 27.0. The van der Waals surface area contributed by atoms with E-state index in [2.05, 4.69) is 12.2 Å². The number of carbonyl (C=O) groups excluding carboxylic acids is 2. The third-order valence-corrected chi connectivity index (χ3v) is 5.04. The number of hydrogen-bond donors (Lipinski definition) is 1. The van der Waals surface area contributed by atoms with E-state index < -0.39 is 0 Å². The molecule has 5 nitrogen and oxygen atoms in total. The van der Waals surface area contributed by atoms with Crippen molar-refractivity contribution in [1.82, 2.24) is 4.90 Å². The van der Waals surface area contributed by atoms with E-state index >= 15 is 0 Å². The van der Waals surface area contributed by atoms with Crippen molar-refractivity contribution in [2.45, 2.75) is 45.6 Å². The van der Waals surface area contributed by atoms with Crippen LogP contribution in [0.15, 0.2) is 48.5 Å². The van der Waals surface area contributed by atoms with E-state index in [-0.39, 0.29) is 17.9 Å². The Hall–Kier alpha value is -2.82. The van der Waals surface area contributed by atoms with E-state index in [9.17, 15) is 9.59 Å². The highest BCUT2D eigenvalue weighted by Crippen LogP contribution is 2.19. The van der Waals surface area contributed by atoms with Gasteiger partial charge in [0.05, 0.1) is 6.10 Å². The normalized spacial score (nSPS) is 15.0. The van der Waals surface area contributed by atoms with Crippen molar-refractivity contribution in [1.29, 1.82) is 0 Å². The van der Waals surface area contributed by atoms with E-state index in [1.807, 2.05) is 24.0 Å². The Labute approximate surface area is 166 Å². The number of amides is 2. The molecular weight excluding hydrogens is 352 g/mol. The van der Waals surface area contributed by atoms with Crippen LogP contribution in [-0.4, -0.2) is 35.9 Å².